The number of carboxylic acids is 1. The predicted molar refractivity (Wildman–Crippen MR) is 84.9 cm³/mol. The minimum atomic E-state index is -0.967. The third-order valence-corrected chi connectivity index (χ3v) is 4.54. The largest absolute Gasteiger partial charge is 0.478 e. The van der Waals surface area contributed by atoms with E-state index in [2.05, 4.69) is 20.9 Å². The van der Waals surface area contributed by atoms with Gasteiger partial charge in [0.1, 0.15) is 5.15 Å². The molecule has 0 saturated carbocycles. The van der Waals surface area contributed by atoms with Crippen LogP contribution in [0.15, 0.2) is 39.7 Å². The smallest absolute Gasteiger partial charge is 0.336 e. The van der Waals surface area contributed by atoms with Crippen molar-refractivity contribution in [1.82, 2.24) is 4.98 Å². The summed E-state index contributed by atoms with van der Waals surface area (Å²) in [6.07, 6.45) is 0. The Hall–Kier alpha value is -0.750. The molecule has 20 heavy (non-hydrogen) atoms. The van der Waals surface area contributed by atoms with Crippen LogP contribution in [0.1, 0.15) is 16.1 Å². The summed E-state index contributed by atoms with van der Waals surface area (Å²) in [5.41, 5.74) is 0.872. The average molecular weight is 393 g/mol. The number of hydrogen-bond acceptors (Lipinski definition) is 3. The Labute approximate surface area is 138 Å². The third kappa shape index (κ3) is 3.88. The van der Waals surface area contributed by atoms with Crippen molar-refractivity contribution in [3.05, 3.63) is 56.2 Å². The van der Waals surface area contributed by atoms with Gasteiger partial charge in [-0.05, 0) is 30.3 Å². The van der Waals surface area contributed by atoms with Crippen molar-refractivity contribution in [1.29, 1.82) is 0 Å². The summed E-state index contributed by atoms with van der Waals surface area (Å²) in [6.45, 7) is 0. The molecule has 0 spiro atoms. The topological polar surface area (TPSA) is 50.2 Å². The Morgan fingerprint density at radius 3 is 2.75 bits per heavy atom. The monoisotopic (exact) mass is 391 g/mol. The summed E-state index contributed by atoms with van der Waals surface area (Å²) in [5, 5.41) is 10.0. The SMILES string of the molecule is O=C(O)c1ccc(Br)cc1SCc1nc(Cl)ccc1Cl. The summed E-state index contributed by atoms with van der Waals surface area (Å²) in [6, 6.07) is 8.29. The van der Waals surface area contributed by atoms with Crippen LogP contribution in [0.3, 0.4) is 0 Å². The summed E-state index contributed by atoms with van der Waals surface area (Å²) in [7, 11) is 0. The highest BCUT2D eigenvalue weighted by atomic mass is 79.9. The Bertz CT molecular complexity index is 667. The maximum Gasteiger partial charge on any atom is 0.336 e. The first kappa shape index (κ1) is 15.6. The Balaban J connectivity index is 2.24. The molecule has 7 heteroatoms. The molecule has 0 radical (unpaired) electrons. The fourth-order valence-electron chi connectivity index (χ4n) is 1.50. The van der Waals surface area contributed by atoms with E-state index in [-0.39, 0.29) is 5.56 Å². The molecule has 104 valence electrons. The number of aromatic carboxylic acids is 1. The van der Waals surface area contributed by atoms with Crippen LogP contribution in [0.2, 0.25) is 10.2 Å². The average Bonchev–Trinajstić information content (AvgIpc) is 2.39. The molecule has 0 aliphatic carbocycles. The van der Waals surface area contributed by atoms with Gasteiger partial charge in [-0.2, -0.15) is 0 Å². The van der Waals surface area contributed by atoms with Crippen molar-refractivity contribution in [2.75, 3.05) is 0 Å². The molecule has 3 nitrogen and oxygen atoms in total. The number of aromatic nitrogens is 1. The number of pyridine rings is 1. The Morgan fingerprint density at radius 1 is 1.30 bits per heavy atom. The molecule has 0 fully saturated rings. The van der Waals surface area contributed by atoms with Crippen molar-refractivity contribution >= 4 is 56.9 Å². The zero-order valence-electron chi connectivity index (χ0n) is 9.94. The number of halogens is 3. The zero-order chi connectivity index (χ0) is 14.7. The maximum absolute atomic E-state index is 11.2. The molecule has 1 aromatic carbocycles. The predicted octanol–water partition coefficient (Wildman–Crippen LogP) is 5.14. The number of nitrogens with zero attached hydrogens (tertiary/aromatic N) is 1. The molecule has 1 aromatic heterocycles. The fourth-order valence-corrected chi connectivity index (χ4v) is 3.46. The van der Waals surface area contributed by atoms with Crippen LogP contribution in [0, 0.1) is 0 Å². The number of hydrogen-bond donors (Lipinski definition) is 1. The van der Waals surface area contributed by atoms with E-state index in [1.807, 2.05) is 0 Å². The Morgan fingerprint density at radius 2 is 2.05 bits per heavy atom. The molecule has 1 heterocycles. The van der Waals surface area contributed by atoms with E-state index in [9.17, 15) is 4.79 Å². The number of benzene rings is 1. The maximum atomic E-state index is 11.2. The van der Waals surface area contributed by atoms with Gasteiger partial charge in [0, 0.05) is 15.1 Å². The third-order valence-electron chi connectivity index (χ3n) is 2.42. The molecule has 0 aliphatic rings. The van der Waals surface area contributed by atoms with E-state index < -0.39 is 5.97 Å². The van der Waals surface area contributed by atoms with Crippen LogP contribution in [0.5, 0.6) is 0 Å². The van der Waals surface area contributed by atoms with Crippen molar-refractivity contribution in [3.8, 4) is 0 Å². The van der Waals surface area contributed by atoms with Crippen LogP contribution < -0.4 is 0 Å². The number of rotatable bonds is 4. The van der Waals surface area contributed by atoms with Crippen LogP contribution in [-0.2, 0) is 5.75 Å². The fraction of sp³-hybridized carbons (Fsp3) is 0.0769. The van der Waals surface area contributed by atoms with Gasteiger partial charge >= 0.3 is 5.97 Å². The minimum absolute atomic E-state index is 0.247. The van der Waals surface area contributed by atoms with Crippen molar-refractivity contribution in [3.63, 3.8) is 0 Å². The number of carbonyl (C=O) groups is 1. The van der Waals surface area contributed by atoms with Gasteiger partial charge in [0.25, 0.3) is 0 Å². The highest BCUT2D eigenvalue weighted by molar-refractivity contribution is 9.10. The standard InChI is InChI=1S/C13H8BrCl2NO2S/c14-7-1-2-8(13(18)19)11(5-7)20-6-10-9(15)3-4-12(16)17-10/h1-5H,6H2,(H,18,19). The van der Waals surface area contributed by atoms with E-state index in [0.717, 1.165) is 4.47 Å². The van der Waals surface area contributed by atoms with Gasteiger partial charge in [0.15, 0.2) is 0 Å². The number of thioether (sulfide) groups is 1. The van der Waals surface area contributed by atoms with Gasteiger partial charge in [-0.1, -0.05) is 39.1 Å². The van der Waals surface area contributed by atoms with Gasteiger partial charge in [-0.25, -0.2) is 9.78 Å². The first-order valence-electron chi connectivity index (χ1n) is 5.44. The van der Waals surface area contributed by atoms with E-state index in [0.29, 0.717) is 26.5 Å². The van der Waals surface area contributed by atoms with E-state index >= 15 is 0 Å². The van der Waals surface area contributed by atoms with Crippen LogP contribution in [0.4, 0.5) is 0 Å². The molecule has 0 aliphatic heterocycles. The number of carboxylic acid groups (broad SMARTS) is 1. The lowest BCUT2D eigenvalue weighted by molar-refractivity contribution is 0.0693. The van der Waals surface area contributed by atoms with Gasteiger partial charge in [0.2, 0.25) is 0 Å². The zero-order valence-corrected chi connectivity index (χ0v) is 13.9. The summed E-state index contributed by atoms with van der Waals surface area (Å²) >= 11 is 16.5. The molecule has 0 unspecified atom stereocenters. The molecular weight excluding hydrogens is 385 g/mol. The lowest BCUT2D eigenvalue weighted by Crippen LogP contribution is -1.99. The Kier molecular flexibility index (Phi) is 5.32. The molecule has 0 bridgehead atoms. The molecular formula is C13H8BrCl2NO2S. The highest BCUT2D eigenvalue weighted by Crippen LogP contribution is 2.31. The van der Waals surface area contributed by atoms with Crippen LogP contribution in [0.25, 0.3) is 0 Å². The first-order chi connectivity index (χ1) is 9.47. The second-order valence-corrected chi connectivity index (χ2v) is 6.52. The van der Waals surface area contributed by atoms with Crippen molar-refractivity contribution in [2.45, 2.75) is 10.6 Å². The second-order valence-electron chi connectivity index (χ2n) is 3.80. The first-order valence-corrected chi connectivity index (χ1v) is 7.97. The second kappa shape index (κ2) is 6.80. The van der Waals surface area contributed by atoms with Crippen LogP contribution >= 0.6 is 50.9 Å². The van der Waals surface area contributed by atoms with Gasteiger partial charge in [-0.15, -0.1) is 11.8 Å². The van der Waals surface area contributed by atoms with E-state index in [1.165, 1.54) is 11.8 Å². The van der Waals surface area contributed by atoms with Gasteiger partial charge in [-0.3, -0.25) is 0 Å². The summed E-state index contributed by atoms with van der Waals surface area (Å²) < 4.78 is 0.815. The summed E-state index contributed by atoms with van der Waals surface area (Å²) in [5.74, 6) is -0.527. The van der Waals surface area contributed by atoms with Gasteiger partial charge < -0.3 is 5.11 Å². The van der Waals surface area contributed by atoms with Crippen molar-refractivity contribution in [2.24, 2.45) is 0 Å². The minimum Gasteiger partial charge on any atom is -0.478 e. The van der Waals surface area contributed by atoms with Crippen molar-refractivity contribution < 1.29 is 9.90 Å². The van der Waals surface area contributed by atoms with Gasteiger partial charge in [0.05, 0.1) is 16.3 Å². The molecule has 2 aromatic rings. The molecule has 1 N–H and O–H groups in total. The van der Waals surface area contributed by atoms with E-state index in [4.69, 9.17) is 28.3 Å². The van der Waals surface area contributed by atoms with Crippen LogP contribution in [-0.4, -0.2) is 16.1 Å². The normalized spacial score (nSPS) is 10.6. The lowest BCUT2D eigenvalue weighted by Gasteiger charge is -2.07. The summed E-state index contributed by atoms with van der Waals surface area (Å²) in [4.78, 5) is 16.0. The quantitative estimate of drug-likeness (QED) is 0.577. The molecule has 2 rings (SSSR count). The molecule has 0 saturated heterocycles. The van der Waals surface area contributed by atoms with E-state index in [1.54, 1.807) is 30.3 Å². The molecule has 0 atom stereocenters. The lowest BCUT2D eigenvalue weighted by atomic mass is 10.2. The molecule has 0 amide bonds. The highest BCUT2D eigenvalue weighted by Gasteiger charge is 2.12.